The van der Waals surface area contributed by atoms with Crippen LogP contribution in [0.1, 0.15) is 39.0 Å². The molecule has 5 heteroatoms. The zero-order valence-electron chi connectivity index (χ0n) is 12.9. The zero-order valence-corrected chi connectivity index (χ0v) is 13.7. The SMILES string of the molecule is CC1CCCC(CNCCCS(C)(=O)=O)(N(C)C)C1. The second-order valence-corrected chi connectivity index (χ2v) is 8.74. The number of likely N-dealkylation sites (N-methyl/N-ethyl adjacent to an activating group) is 1. The predicted octanol–water partition coefficient (Wildman–Crippen LogP) is 1.52. The summed E-state index contributed by atoms with van der Waals surface area (Å²) >= 11 is 0. The number of sulfone groups is 1. The van der Waals surface area contributed by atoms with Crippen LogP contribution in [0.15, 0.2) is 0 Å². The average Bonchev–Trinajstić information content (AvgIpc) is 2.26. The Morgan fingerprint density at radius 2 is 2.05 bits per heavy atom. The standard InChI is InChI=1S/C14H30N2O2S/c1-13-7-5-8-14(11-13,16(2)3)12-15-9-6-10-19(4,17)18/h13,15H,5-12H2,1-4H3. The normalized spacial score (nSPS) is 28.8. The van der Waals surface area contributed by atoms with Crippen LogP contribution in [-0.4, -0.2) is 58.1 Å². The molecule has 1 N–H and O–H groups in total. The molecule has 0 aromatic heterocycles. The summed E-state index contributed by atoms with van der Waals surface area (Å²) in [5.41, 5.74) is 0.253. The maximum atomic E-state index is 11.1. The first-order chi connectivity index (χ1) is 8.75. The quantitative estimate of drug-likeness (QED) is 0.722. The summed E-state index contributed by atoms with van der Waals surface area (Å²) in [5, 5.41) is 3.46. The van der Waals surface area contributed by atoms with Crippen LogP contribution >= 0.6 is 0 Å². The van der Waals surface area contributed by atoms with Crippen LogP contribution in [-0.2, 0) is 9.84 Å². The van der Waals surface area contributed by atoms with E-state index >= 15 is 0 Å². The third-order valence-electron chi connectivity index (χ3n) is 4.34. The molecule has 0 bridgehead atoms. The molecule has 4 nitrogen and oxygen atoms in total. The number of nitrogens with zero attached hydrogens (tertiary/aromatic N) is 1. The Labute approximate surface area is 118 Å². The minimum Gasteiger partial charge on any atom is -0.315 e. The van der Waals surface area contributed by atoms with E-state index in [1.807, 2.05) is 0 Å². The summed E-state index contributed by atoms with van der Waals surface area (Å²) in [6.45, 7) is 4.09. The predicted molar refractivity (Wildman–Crippen MR) is 81.2 cm³/mol. The minimum absolute atomic E-state index is 0.253. The molecule has 1 saturated carbocycles. The van der Waals surface area contributed by atoms with Gasteiger partial charge >= 0.3 is 0 Å². The molecule has 0 spiro atoms. The van der Waals surface area contributed by atoms with E-state index in [9.17, 15) is 8.42 Å². The summed E-state index contributed by atoms with van der Waals surface area (Å²) < 4.78 is 22.1. The van der Waals surface area contributed by atoms with Crippen molar-refractivity contribution in [2.24, 2.45) is 5.92 Å². The molecule has 0 aromatic rings. The number of rotatable bonds is 7. The molecule has 0 aliphatic heterocycles. The van der Waals surface area contributed by atoms with Crippen LogP contribution < -0.4 is 5.32 Å². The van der Waals surface area contributed by atoms with Crippen LogP contribution in [0.25, 0.3) is 0 Å². The van der Waals surface area contributed by atoms with Crippen LogP contribution in [0.3, 0.4) is 0 Å². The van der Waals surface area contributed by atoms with Crippen LogP contribution in [0.4, 0.5) is 0 Å². The highest BCUT2D eigenvalue weighted by Crippen LogP contribution is 2.35. The molecule has 0 radical (unpaired) electrons. The van der Waals surface area contributed by atoms with E-state index in [2.05, 4.69) is 31.2 Å². The van der Waals surface area contributed by atoms with E-state index in [-0.39, 0.29) is 11.3 Å². The number of hydrogen-bond donors (Lipinski definition) is 1. The lowest BCUT2D eigenvalue weighted by Crippen LogP contribution is -2.54. The van der Waals surface area contributed by atoms with Crippen molar-refractivity contribution in [2.45, 2.75) is 44.6 Å². The first-order valence-corrected chi connectivity index (χ1v) is 9.37. The Bertz CT molecular complexity index is 368. The fourth-order valence-corrected chi connectivity index (χ4v) is 3.81. The van der Waals surface area contributed by atoms with Gasteiger partial charge in [-0.3, -0.25) is 0 Å². The number of nitrogens with one attached hydrogen (secondary N) is 1. The largest absolute Gasteiger partial charge is 0.315 e. The number of hydrogen-bond acceptors (Lipinski definition) is 4. The van der Waals surface area contributed by atoms with E-state index in [0.29, 0.717) is 6.42 Å². The van der Waals surface area contributed by atoms with Gasteiger partial charge in [-0.25, -0.2) is 8.42 Å². The molecule has 2 unspecified atom stereocenters. The lowest BCUT2D eigenvalue weighted by atomic mass is 9.75. The molecule has 0 amide bonds. The van der Waals surface area contributed by atoms with Gasteiger partial charge in [-0.15, -0.1) is 0 Å². The fourth-order valence-electron chi connectivity index (χ4n) is 3.14. The highest BCUT2D eigenvalue weighted by molar-refractivity contribution is 7.90. The maximum Gasteiger partial charge on any atom is 0.147 e. The maximum absolute atomic E-state index is 11.1. The highest BCUT2D eigenvalue weighted by Gasteiger charge is 2.36. The van der Waals surface area contributed by atoms with Gasteiger partial charge in [0.25, 0.3) is 0 Å². The molecule has 0 heterocycles. The van der Waals surface area contributed by atoms with Crippen LogP contribution in [0.5, 0.6) is 0 Å². The molecule has 2 atom stereocenters. The van der Waals surface area contributed by atoms with Crippen molar-refractivity contribution in [3.63, 3.8) is 0 Å². The van der Waals surface area contributed by atoms with E-state index < -0.39 is 9.84 Å². The Hall–Kier alpha value is -0.130. The lowest BCUT2D eigenvalue weighted by molar-refractivity contribution is 0.0755. The topological polar surface area (TPSA) is 49.4 Å². The lowest BCUT2D eigenvalue weighted by Gasteiger charge is -2.45. The summed E-state index contributed by atoms with van der Waals surface area (Å²) in [4.78, 5) is 2.35. The molecular formula is C14H30N2O2S. The second-order valence-electron chi connectivity index (χ2n) is 6.48. The Balaban J connectivity index is 2.38. The summed E-state index contributed by atoms with van der Waals surface area (Å²) in [6, 6.07) is 0. The monoisotopic (exact) mass is 290 g/mol. The van der Waals surface area contributed by atoms with Crippen molar-refractivity contribution in [1.82, 2.24) is 10.2 Å². The molecule has 1 fully saturated rings. The van der Waals surface area contributed by atoms with Gasteiger partial charge in [0.15, 0.2) is 0 Å². The Kier molecular flexibility index (Phi) is 6.27. The van der Waals surface area contributed by atoms with Crippen molar-refractivity contribution in [3.8, 4) is 0 Å². The smallest absolute Gasteiger partial charge is 0.147 e. The highest BCUT2D eigenvalue weighted by atomic mass is 32.2. The van der Waals surface area contributed by atoms with Gasteiger partial charge in [0, 0.05) is 18.3 Å². The Morgan fingerprint density at radius 1 is 1.37 bits per heavy atom. The molecule has 19 heavy (non-hydrogen) atoms. The van der Waals surface area contributed by atoms with Crippen molar-refractivity contribution < 1.29 is 8.42 Å². The molecular weight excluding hydrogens is 260 g/mol. The fraction of sp³-hybridized carbons (Fsp3) is 1.00. The molecule has 1 aliphatic rings. The van der Waals surface area contributed by atoms with Crippen molar-refractivity contribution in [3.05, 3.63) is 0 Å². The van der Waals surface area contributed by atoms with Crippen molar-refractivity contribution in [1.29, 1.82) is 0 Å². The van der Waals surface area contributed by atoms with Gasteiger partial charge in [0.05, 0.1) is 5.75 Å². The van der Waals surface area contributed by atoms with Crippen molar-refractivity contribution in [2.75, 3.05) is 39.2 Å². The van der Waals surface area contributed by atoms with E-state index in [4.69, 9.17) is 0 Å². The Morgan fingerprint density at radius 3 is 2.58 bits per heavy atom. The van der Waals surface area contributed by atoms with E-state index in [1.165, 1.54) is 31.9 Å². The van der Waals surface area contributed by atoms with E-state index in [0.717, 1.165) is 19.0 Å². The molecule has 0 aromatic carbocycles. The van der Waals surface area contributed by atoms with Gasteiger partial charge in [-0.1, -0.05) is 19.8 Å². The second kappa shape index (κ2) is 7.04. The third-order valence-corrected chi connectivity index (χ3v) is 5.37. The van der Waals surface area contributed by atoms with Crippen LogP contribution in [0, 0.1) is 5.92 Å². The molecule has 1 rings (SSSR count). The molecule has 0 saturated heterocycles. The average molecular weight is 290 g/mol. The first kappa shape index (κ1) is 16.9. The summed E-state index contributed by atoms with van der Waals surface area (Å²) in [6.07, 6.45) is 7.12. The molecule has 114 valence electrons. The summed E-state index contributed by atoms with van der Waals surface area (Å²) in [5.74, 6) is 1.07. The van der Waals surface area contributed by atoms with Gasteiger partial charge in [0.1, 0.15) is 9.84 Å². The van der Waals surface area contributed by atoms with Gasteiger partial charge in [-0.2, -0.15) is 0 Å². The minimum atomic E-state index is -2.82. The van der Waals surface area contributed by atoms with Gasteiger partial charge in [-0.05, 0) is 45.8 Å². The van der Waals surface area contributed by atoms with Crippen LogP contribution in [0.2, 0.25) is 0 Å². The van der Waals surface area contributed by atoms with E-state index in [1.54, 1.807) is 0 Å². The third kappa shape index (κ3) is 5.79. The van der Waals surface area contributed by atoms with Gasteiger partial charge < -0.3 is 10.2 Å². The zero-order chi connectivity index (χ0) is 14.5. The van der Waals surface area contributed by atoms with Crippen molar-refractivity contribution >= 4 is 9.84 Å². The first-order valence-electron chi connectivity index (χ1n) is 7.31. The molecule has 1 aliphatic carbocycles. The summed E-state index contributed by atoms with van der Waals surface area (Å²) in [7, 11) is 1.51. The van der Waals surface area contributed by atoms with Gasteiger partial charge in [0.2, 0.25) is 0 Å².